The van der Waals surface area contributed by atoms with Crippen LogP contribution >= 0.6 is 0 Å². The van der Waals surface area contributed by atoms with Gasteiger partial charge in [0.05, 0.1) is 17.6 Å². The van der Waals surface area contributed by atoms with Crippen LogP contribution in [0.2, 0.25) is 0 Å². The molecule has 0 radical (unpaired) electrons. The number of rotatable bonds is 4. The molecule has 1 saturated heterocycles. The van der Waals surface area contributed by atoms with Crippen LogP contribution in [0.1, 0.15) is 28.8 Å². The second kappa shape index (κ2) is 7.70. The molecule has 0 aromatic heterocycles. The Balaban J connectivity index is 1.72. The Bertz CT molecular complexity index is 855. The number of hydrogen-bond acceptors (Lipinski definition) is 4. The van der Waals surface area contributed by atoms with Gasteiger partial charge in [-0.25, -0.2) is 0 Å². The summed E-state index contributed by atoms with van der Waals surface area (Å²) in [6.45, 7) is 0.970. The molecule has 3 rings (SSSR count). The van der Waals surface area contributed by atoms with Gasteiger partial charge in [-0.3, -0.25) is 9.59 Å². The van der Waals surface area contributed by atoms with Gasteiger partial charge in [-0.15, -0.1) is 0 Å². The molecule has 0 aliphatic carbocycles. The average Bonchev–Trinajstić information content (AvgIpc) is 2.68. The fourth-order valence-corrected chi connectivity index (χ4v) is 3.00. The van der Waals surface area contributed by atoms with Crippen LogP contribution in [0.25, 0.3) is 0 Å². The van der Waals surface area contributed by atoms with E-state index in [0.29, 0.717) is 35.7 Å². The van der Waals surface area contributed by atoms with E-state index in [9.17, 15) is 9.59 Å². The molecule has 0 spiro atoms. The Hall–Kier alpha value is -3.33. The lowest BCUT2D eigenvalue weighted by Crippen LogP contribution is -2.44. The van der Waals surface area contributed by atoms with Crippen molar-refractivity contribution in [3.8, 4) is 17.6 Å². The Morgan fingerprint density at radius 1 is 1.15 bits per heavy atom. The summed E-state index contributed by atoms with van der Waals surface area (Å²) in [5, 5.41) is 8.83. The Morgan fingerprint density at radius 3 is 2.62 bits per heavy atom. The first-order valence-corrected chi connectivity index (χ1v) is 8.43. The number of benzene rings is 2. The molecule has 1 aliphatic rings. The van der Waals surface area contributed by atoms with E-state index in [4.69, 9.17) is 15.7 Å². The van der Waals surface area contributed by atoms with Crippen molar-refractivity contribution in [1.29, 1.82) is 5.26 Å². The number of nitrogens with zero attached hydrogens (tertiary/aromatic N) is 2. The van der Waals surface area contributed by atoms with Crippen molar-refractivity contribution in [1.82, 2.24) is 4.90 Å². The third-order valence-corrected chi connectivity index (χ3v) is 4.41. The number of piperidine rings is 1. The van der Waals surface area contributed by atoms with Crippen molar-refractivity contribution in [2.24, 2.45) is 11.7 Å². The second-order valence-electron chi connectivity index (χ2n) is 6.26. The minimum Gasteiger partial charge on any atom is -0.457 e. The summed E-state index contributed by atoms with van der Waals surface area (Å²) < 4.78 is 5.76. The fourth-order valence-electron chi connectivity index (χ4n) is 3.00. The third kappa shape index (κ3) is 4.01. The molecule has 132 valence electrons. The number of ether oxygens (including phenoxy) is 1. The van der Waals surface area contributed by atoms with Crippen LogP contribution in [0.4, 0.5) is 0 Å². The van der Waals surface area contributed by atoms with Gasteiger partial charge in [0.25, 0.3) is 5.91 Å². The van der Waals surface area contributed by atoms with E-state index in [1.807, 2.05) is 0 Å². The van der Waals surface area contributed by atoms with Crippen molar-refractivity contribution < 1.29 is 14.3 Å². The molecule has 2 aromatic rings. The van der Waals surface area contributed by atoms with Crippen LogP contribution in [-0.4, -0.2) is 29.8 Å². The Morgan fingerprint density at radius 2 is 1.92 bits per heavy atom. The monoisotopic (exact) mass is 349 g/mol. The highest BCUT2D eigenvalue weighted by Crippen LogP contribution is 2.24. The van der Waals surface area contributed by atoms with Gasteiger partial charge in [-0.1, -0.05) is 6.07 Å². The van der Waals surface area contributed by atoms with E-state index in [-0.39, 0.29) is 17.7 Å². The molecule has 1 aliphatic heterocycles. The first-order chi connectivity index (χ1) is 12.6. The maximum absolute atomic E-state index is 12.7. The van der Waals surface area contributed by atoms with E-state index < -0.39 is 0 Å². The molecule has 6 heteroatoms. The molecule has 1 fully saturated rings. The summed E-state index contributed by atoms with van der Waals surface area (Å²) >= 11 is 0. The summed E-state index contributed by atoms with van der Waals surface area (Å²) in [4.78, 5) is 25.8. The number of hydrogen-bond donors (Lipinski definition) is 1. The summed E-state index contributed by atoms with van der Waals surface area (Å²) in [5.41, 5.74) is 6.43. The van der Waals surface area contributed by atoms with Crippen LogP contribution in [0, 0.1) is 17.2 Å². The predicted molar refractivity (Wildman–Crippen MR) is 95.5 cm³/mol. The SMILES string of the molecule is N#Cc1ccc(Oc2cccc(C(=O)N3CCC[C@H](C(N)=O)C3)c2)cc1. The molecule has 1 atom stereocenters. The van der Waals surface area contributed by atoms with Crippen molar-refractivity contribution in [3.05, 3.63) is 59.7 Å². The molecule has 0 saturated carbocycles. The topological polar surface area (TPSA) is 96.4 Å². The Labute approximate surface area is 151 Å². The quantitative estimate of drug-likeness (QED) is 0.918. The average molecular weight is 349 g/mol. The predicted octanol–water partition coefficient (Wildman–Crippen LogP) is 2.69. The van der Waals surface area contributed by atoms with Gasteiger partial charge in [0, 0.05) is 18.7 Å². The first kappa shape index (κ1) is 17.5. The minimum atomic E-state index is -0.361. The fraction of sp³-hybridized carbons (Fsp3) is 0.250. The van der Waals surface area contributed by atoms with Crippen LogP contribution in [0.5, 0.6) is 11.5 Å². The van der Waals surface area contributed by atoms with Gasteiger partial charge < -0.3 is 15.4 Å². The lowest BCUT2D eigenvalue weighted by atomic mass is 9.97. The standard InChI is InChI=1S/C20H19N3O3/c21-12-14-6-8-17(9-7-14)26-18-5-1-3-15(11-18)20(25)23-10-2-4-16(13-23)19(22)24/h1,3,5-9,11,16H,2,4,10,13H2,(H2,22,24)/t16-/m0/s1. The summed E-state index contributed by atoms with van der Waals surface area (Å²) in [5.74, 6) is 0.330. The van der Waals surface area contributed by atoms with Crippen molar-refractivity contribution in [3.63, 3.8) is 0 Å². The largest absolute Gasteiger partial charge is 0.457 e. The normalized spacial score (nSPS) is 16.6. The molecule has 26 heavy (non-hydrogen) atoms. The number of carbonyl (C=O) groups excluding carboxylic acids is 2. The zero-order valence-electron chi connectivity index (χ0n) is 14.2. The van der Waals surface area contributed by atoms with E-state index in [1.165, 1.54) is 0 Å². The first-order valence-electron chi connectivity index (χ1n) is 8.43. The second-order valence-corrected chi connectivity index (χ2v) is 6.26. The van der Waals surface area contributed by atoms with Crippen molar-refractivity contribution in [2.45, 2.75) is 12.8 Å². The van der Waals surface area contributed by atoms with Gasteiger partial charge in [-0.05, 0) is 55.3 Å². The van der Waals surface area contributed by atoms with Gasteiger partial charge in [0.2, 0.25) is 5.91 Å². The van der Waals surface area contributed by atoms with Crippen LogP contribution in [0.3, 0.4) is 0 Å². The molecule has 1 heterocycles. The van der Waals surface area contributed by atoms with Crippen molar-refractivity contribution in [2.75, 3.05) is 13.1 Å². The van der Waals surface area contributed by atoms with E-state index in [0.717, 1.165) is 12.8 Å². The molecule has 2 amide bonds. The number of carbonyl (C=O) groups is 2. The lowest BCUT2D eigenvalue weighted by molar-refractivity contribution is -0.123. The van der Waals surface area contributed by atoms with Gasteiger partial charge >= 0.3 is 0 Å². The molecule has 6 nitrogen and oxygen atoms in total. The Kier molecular flexibility index (Phi) is 5.18. The molecule has 0 unspecified atom stereocenters. The molecule has 2 N–H and O–H groups in total. The maximum Gasteiger partial charge on any atom is 0.254 e. The van der Waals surface area contributed by atoms with Gasteiger partial charge in [0.1, 0.15) is 11.5 Å². The zero-order valence-corrected chi connectivity index (χ0v) is 14.2. The van der Waals surface area contributed by atoms with E-state index in [2.05, 4.69) is 6.07 Å². The van der Waals surface area contributed by atoms with Crippen LogP contribution < -0.4 is 10.5 Å². The van der Waals surface area contributed by atoms with E-state index in [1.54, 1.807) is 53.4 Å². The highest BCUT2D eigenvalue weighted by Gasteiger charge is 2.27. The number of amides is 2. The number of nitriles is 1. The van der Waals surface area contributed by atoms with Crippen molar-refractivity contribution >= 4 is 11.8 Å². The highest BCUT2D eigenvalue weighted by molar-refractivity contribution is 5.95. The lowest BCUT2D eigenvalue weighted by Gasteiger charge is -2.31. The smallest absolute Gasteiger partial charge is 0.254 e. The number of primary amides is 1. The van der Waals surface area contributed by atoms with Gasteiger partial charge in [-0.2, -0.15) is 5.26 Å². The minimum absolute atomic E-state index is 0.138. The number of likely N-dealkylation sites (tertiary alicyclic amines) is 1. The zero-order chi connectivity index (χ0) is 18.5. The van der Waals surface area contributed by atoms with Gasteiger partial charge in [0.15, 0.2) is 0 Å². The number of nitrogens with two attached hydrogens (primary N) is 1. The molecular formula is C20H19N3O3. The van der Waals surface area contributed by atoms with Crippen LogP contribution in [0.15, 0.2) is 48.5 Å². The molecule has 0 bridgehead atoms. The molecule has 2 aromatic carbocycles. The van der Waals surface area contributed by atoms with E-state index >= 15 is 0 Å². The maximum atomic E-state index is 12.7. The highest BCUT2D eigenvalue weighted by atomic mass is 16.5. The van der Waals surface area contributed by atoms with Crippen LogP contribution in [-0.2, 0) is 4.79 Å². The summed E-state index contributed by atoms with van der Waals surface area (Å²) in [6.07, 6.45) is 1.49. The molecular weight excluding hydrogens is 330 g/mol. The summed E-state index contributed by atoms with van der Waals surface area (Å²) in [6, 6.07) is 15.7. The third-order valence-electron chi connectivity index (χ3n) is 4.41. The summed E-state index contributed by atoms with van der Waals surface area (Å²) in [7, 11) is 0.